The number of aliphatic hydroxyl groups excluding tert-OH is 1. The van der Waals surface area contributed by atoms with Crippen LogP contribution < -0.4 is 5.32 Å². The van der Waals surface area contributed by atoms with Crippen molar-refractivity contribution in [2.45, 2.75) is 96.2 Å². The number of nitrogens with zero attached hydrogens (tertiary/aromatic N) is 1. The van der Waals surface area contributed by atoms with Crippen LogP contribution in [0.3, 0.4) is 0 Å². The van der Waals surface area contributed by atoms with Crippen molar-refractivity contribution in [3.05, 3.63) is 23.8 Å². The van der Waals surface area contributed by atoms with Crippen molar-refractivity contribution >= 4 is 23.4 Å². The molecule has 3 unspecified atom stereocenters. The molecule has 1 aliphatic heterocycles. The van der Waals surface area contributed by atoms with Gasteiger partial charge < -0.3 is 24.6 Å². The molecule has 0 aromatic carbocycles. The molecular formula is C31H44N2O11. The second-order valence-corrected chi connectivity index (χ2v) is 13.2. The van der Waals surface area contributed by atoms with Crippen LogP contribution >= 0.6 is 0 Å². The molecule has 3 saturated carbocycles. The van der Waals surface area contributed by atoms with Crippen molar-refractivity contribution in [1.82, 2.24) is 10.7 Å². The van der Waals surface area contributed by atoms with E-state index in [1.807, 2.05) is 19.9 Å². The van der Waals surface area contributed by atoms with Crippen molar-refractivity contribution in [2.24, 2.45) is 28.6 Å². The predicted octanol–water partition coefficient (Wildman–Crippen LogP) is 2.18. The van der Waals surface area contributed by atoms with E-state index in [1.54, 1.807) is 12.2 Å². The number of carbonyl (C=O) groups is 4. The van der Waals surface area contributed by atoms with Crippen molar-refractivity contribution in [2.75, 3.05) is 19.8 Å². The van der Waals surface area contributed by atoms with Crippen LogP contribution in [-0.2, 0) is 38.2 Å². The van der Waals surface area contributed by atoms with Crippen LogP contribution in [0.4, 0.5) is 0 Å². The molecule has 0 aromatic heterocycles. The SMILES string of the molecule is CCCC1O[C@@H]2CC3[C@@H]4CCC5=CC(=O)C=C[C@]5(C)C4[C@@H](O)C[C@]3(C)[C@]2(C(=O)COC(=O)CNC(=O)CCCON(O)O)O1. The fourth-order valence-electron chi connectivity index (χ4n) is 8.95. The molecule has 0 spiro atoms. The van der Waals surface area contributed by atoms with Gasteiger partial charge in [0.15, 0.2) is 24.3 Å². The van der Waals surface area contributed by atoms with Crippen molar-refractivity contribution in [1.29, 1.82) is 0 Å². The minimum atomic E-state index is -1.41. The Morgan fingerprint density at radius 2 is 2.00 bits per heavy atom. The third kappa shape index (κ3) is 5.68. The van der Waals surface area contributed by atoms with Crippen LogP contribution in [0.25, 0.3) is 0 Å². The standard InChI is InChI=1S/C31H44N2O11/c1-4-6-27-43-24-14-21-20-9-8-18-13-19(34)10-11-29(18,2)28(20)22(35)15-30(21,3)31(24,44-27)23(36)17-41-26(38)16-32-25(37)7-5-12-42-33(39)40/h10-11,13,20-22,24,27-28,35,39-40H,4-9,12,14-17H2,1-3H3,(H,32,37)/t20-,21?,22-,24+,27?,28?,29-,30-,31+/m0/s1. The zero-order valence-electron chi connectivity index (χ0n) is 25.5. The number of ether oxygens (including phenoxy) is 3. The monoisotopic (exact) mass is 620 g/mol. The zero-order valence-corrected chi connectivity index (χ0v) is 25.5. The minimum absolute atomic E-state index is 0.000422. The van der Waals surface area contributed by atoms with Gasteiger partial charge in [-0.2, -0.15) is 0 Å². The number of fused-ring (bicyclic) bond motifs is 7. The number of nitrogens with one attached hydrogen (secondary N) is 1. The summed E-state index contributed by atoms with van der Waals surface area (Å²) < 4.78 is 18.3. The average molecular weight is 621 g/mol. The molecular weight excluding hydrogens is 576 g/mol. The summed E-state index contributed by atoms with van der Waals surface area (Å²) in [4.78, 5) is 55.2. The van der Waals surface area contributed by atoms with E-state index in [1.165, 1.54) is 0 Å². The van der Waals surface area contributed by atoms with Crippen molar-refractivity contribution < 1.29 is 53.7 Å². The molecule has 44 heavy (non-hydrogen) atoms. The second-order valence-electron chi connectivity index (χ2n) is 13.2. The molecule has 13 heteroatoms. The van der Waals surface area contributed by atoms with Gasteiger partial charge >= 0.3 is 5.97 Å². The summed E-state index contributed by atoms with van der Waals surface area (Å²) in [6, 6.07) is 0. The van der Waals surface area contributed by atoms with Gasteiger partial charge in [-0.05, 0) is 62.5 Å². The van der Waals surface area contributed by atoms with Gasteiger partial charge in [0.1, 0.15) is 6.54 Å². The Bertz CT molecular complexity index is 1220. The molecule has 1 amide bonds. The predicted molar refractivity (Wildman–Crippen MR) is 150 cm³/mol. The molecule has 5 aliphatic rings. The first-order valence-electron chi connectivity index (χ1n) is 15.6. The highest BCUT2D eigenvalue weighted by atomic mass is 17.1. The first-order chi connectivity index (χ1) is 20.9. The Labute approximate surface area is 256 Å². The maximum atomic E-state index is 14.2. The van der Waals surface area contributed by atoms with Crippen LogP contribution in [0.1, 0.15) is 72.1 Å². The van der Waals surface area contributed by atoms with Gasteiger partial charge in [0.25, 0.3) is 0 Å². The van der Waals surface area contributed by atoms with Crippen LogP contribution in [0.15, 0.2) is 23.8 Å². The lowest BCUT2D eigenvalue weighted by Gasteiger charge is -2.59. The highest BCUT2D eigenvalue weighted by Gasteiger charge is 2.75. The molecule has 4 fully saturated rings. The third-order valence-electron chi connectivity index (χ3n) is 10.8. The number of Topliss-reactive ketones (excluding diaryl/α,β-unsaturated/α-hetero) is 1. The molecule has 9 atom stereocenters. The van der Waals surface area contributed by atoms with Gasteiger partial charge in [-0.15, -0.1) is 0 Å². The summed E-state index contributed by atoms with van der Waals surface area (Å²) in [6.07, 6.45) is 7.25. The molecule has 0 radical (unpaired) electrons. The summed E-state index contributed by atoms with van der Waals surface area (Å²) in [5.41, 5.74) is -1.60. The van der Waals surface area contributed by atoms with Gasteiger partial charge in [0, 0.05) is 23.2 Å². The highest BCUT2D eigenvalue weighted by molar-refractivity contribution is 6.01. The van der Waals surface area contributed by atoms with Crippen LogP contribution in [-0.4, -0.2) is 88.2 Å². The molecule has 1 saturated heterocycles. The molecule has 5 rings (SSSR count). The first kappa shape index (κ1) is 32.9. The summed E-state index contributed by atoms with van der Waals surface area (Å²) >= 11 is 0. The highest BCUT2D eigenvalue weighted by Crippen LogP contribution is 2.69. The number of aliphatic hydroxyl groups is 1. The lowest BCUT2D eigenvalue weighted by Crippen LogP contribution is -2.63. The summed E-state index contributed by atoms with van der Waals surface area (Å²) in [7, 11) is 0. The molecule has 1 heterocycles. The smallest absolute Gasteiger partial charge is 0.325 e. The molecule has 0 aromatic rings. The van der Waals surface area contributed by atoms with Crippen molar-refractivity contribution in [3.8, 4) is 0 Å². The maximum Gasteiger partial charge on any atom is 0.325 e. The van der Waals surface area contributed by atoms with E-state index in [2.05, 4.69) is 17.1 Å². The number of carbonyl (C=O) groups excluding carboxylic acids is 4. The fourth-order valence-corrected chi connectivity index (χ4v) is 8.95. The molecule has 4 N–H and O–H groups in total. The Hall–Kier alpha value is -2.52. The number of hydrogen-bond acceptors (Lipinski definition) is 12. The van der Waals surface area contributed by atoms with E-state index < -0.39 is 71.1 Å². The van der Waals surface area contributed by atoms with E-state index in [0.29, 0.717) is 19.3 Å². The number of esters is 1. The van der Waals surface area contributed by atoms with E-state index >= 15 is 0 Å². The molecule has 13 nitrogen and oxygen atoms in total. The quantitative estimate of drug-likeness (QED) is 0.142. The number of ketones is 2. The zero-order chi connectivity index (χ0) is 31.9. The lowest BCUT2D eigenvalue weighted by atomic mass is 9.46. The molecule has 4 aliphatic carbocycles. The summed E-state index contributed by atoms with van der Waals surface area (Å²) in [6.45, 7) is 4.97. The van der Waals surface area contributed by atoms with Gasteiger partial charge in [-0.1, -0.05) is 38.8 Å². The topological polar surface area (TPSA) is 181 Å². The van der Waals surface area contributed by atoms with Crippen LogP contribution in [0.5, 0.6) is 0 Å². The molecule has 0 bridgehead atoms. The van der Waals surface area contributed by atoms with E-state index in [0.717, 1.165) is 24.8 Å². The molecule has 244 valence electrons. The normalized spacial score (nSPS) is 38.8. The van der Waals surface area contributed by atoms with Crippen molar-refractivity contribution in [3.63, 3.8) is 0 Å². The Balaban J connectivity index is 1.29. The average Bonchev–Trinajstić information content (AvgIpc) is 3.45. The Morgan fingerprint density at radius 1 is 1.23 bits per heavy atom. The fraction of sp³-hybridized carbons (Fsp3) is 0.742. The Kier molecular flexibility index (Phi) is 9.49. The van der Waals surface area contributed by atoms with Gasteiger partial charge in [0.2, 0.25) is 11.7 Å². The van der Waals surface area contributed by atoms with Gasteiger partial charge in [-0.25, -0.2) is 0 Å². The minimum Gasteiger partial charge on any atom is -0.456 e. The largest absolute Gasteiger partial charge is 0.456 e. The van der Waals surface area contributed by atoms with Gasteiger partial charge in [-0.3, -0.25) is 34.4 Å². The van der Waals surface area contributed by atoms with E-state index in [4.69, 9.17) is 24.6 Å². The van der Waals surface area contributed by atoms with Crippen LogP contribution in [0, 0.1) is 28.6 Å². The number of amides is 1. The van der Waals surface area contributed by atoms with Crippen LogP contribution in [0.2, 0.25) is 0 Å². The van der Waals surface area contributed by atoms with Gasteiger partial charge in [0.05, 0.1) is 24.2 Å². The maximum absolute atomic E-state index is 14.2. The first-order valence-corrected chi connectivity index (χ1v) is 15.6. The van der Waals surface area contributed by atoms with E-state index in [-0.39, 0.29) is 43.0 Å². The number of allylic oxidation sites excluding steroid dienone is 4. The third-order valence-corrected chi connectivity index (χ3v) is 10.8. The summed E-state index contributed by atoms with van der Waals surface area (Å²) in [5, 5.41) is 30.8. The lowest BCUT2D eigenvalue weighted by molar-refractivity contribution is -0.492. The van der Waals surface area contributed by atoms with E-state index in [9.17, 15) is 24.3 Å². The Morgan fingerprint density at radius 3 is 2.73 bits per heavy atom. The second kappa shape index (κ2) is 12.7. The number of rotatable bonds is 12. The number of hydrogen-bond donors (Lipinski definition) is 4. The summed E-state index contributed by atoms with van der Waals surface area (Å²) in [5.74, 6) is -1.77.